The van der Waals surface area contributed by atoms with E-state index in [1.807, 2.05) is 19.1 Å². The van der Waals surface area contributed by atoms with E-state index in [9.17, 15) is 14.4 Å². The molecule has 0 aliphatic carbocycles. The van der Waals surface area contributed by atoms with E-state index < -0.39 is 0 Å². The van der Waals surface area contributed by atoms with Crippen molar-refractivity contribution in [2.75, 3.05) is 16.8 Å². The molecule has 0 atom stereocenters. The van der Waals surface area contributed by atoms with Crippen molar-refractivity contribution in [3.8, 4) is 0 Å². The number of aryl methyl sites for hydroxylation is 1. The molecule has 5 nitrogen and oxygen atoms in total. The van der Waals surface area contributed by atoms with Crippen molar-refractivity contribution in [1.82, 2.24) is 0 Å². The molecule has 23 heavy (non-hydrogen) atoms. The summed E-state index contributed by atoms with van der Waals surface area (Å²) in [6, 6.07) is 10.8. The van der Waals surface area contributed by atoms with Gasteiger partial charge in [0.1, 0.15) is 6.54 Å². The number of anilines is 2. The molecule has 0 saturated heterocycles. The number of rotatable bonds is 4. The van der Waals surface area contributed by atoms with Crippen LogP contribution in [0.3, 0.4) is 0 Å². The fourth-order valence-corrected chi connectivity index (χ4v) is 3.35. The van der Waals surface area contributed by atoms with E-state index in [1.165, 1.54) is 16.2 Å². The largest absolute Gasteiger partial charge is 0.323 e. The first-order valence-corrected chi connectivity index (χ1v) is 8.15. The number of Topliss-reactive ketones (excluding diaryl/α,β-unsaturated/α-hetero) is 1. The summed E-state index contributed by atoms with van der Waals surface area (Å²) in [5.41, 5.74) is 1.30. The number of hydrogen-bond acceptors (Lipinski definition) is 4. The molecule has 3 rings (SSSR count). The van der Waals surface area contributed by atoms with Crippen LogP contribution in [0, 0.1) is 6.92 Å². The summed E-state index contributed by atoms with van der Waals surface area (Å²) in [5.74, 6) is -0.475. The van der Waals surface area contributed by atoms with Crippen LogP contribution < -0.4 is 10.2 Å². The maximum absolute atomic E-state index is 12.4. The summed E-state index contributed by atoms with van der Waals surface area (Å²) in [6.07, 6.45) is 0.246. The van der Waals surface area contributed by atoms with E-state index in [0.717, 1.165) is 4.88 Å². The molecular weight excluding hydrogens is 312 g/mol. The molecule has 0 saturated carbocycles. The van der Waals surface area contributed by atoms with Crippen molar-refractivity contribution in [2.24, 2.45) is 0 Å². The Morgan fingerprint density at radius 2 is 1.96 bits per heavy atom. The number of para-hydroxylation sites is 2. The predicted octanol–water partition coefficient (Wildman–Crippen LogP) is 3.00. The van der Waals surface area contributed by atoms with Crippen molar-refractivity contribution >= 4 is 40.3 Å². The highest BCUT2D eigenvalue weighted by Crippen LogP contribution is 2.29. The lowest BCUT2D eigenvalue weighted by atomic mass is 10.1. The summed E-state index contributed by atoms with van der Waals surface area (Å²) in [5, 5.41) is 2.74. The van der Waals surface area contributed by atoms with Crippen LogP contribution in [0.4, 0.5) is 11.4 Å². The summed E-state index contributed by atoms with van der Waals surface area (Å²) in [4.78, 5) is 39.5. The van der Waals surface area contributed by atoms with E-state index in [-0.39, 0.29) is 37.0 Å². The molecule has 1 aromatic heterocycles. The number of nitrogens with one attached hydrogen (secondary N) is 1. The van der Waals surface area contributed by atoms with Crippen molar-refractivity contribution in [2.45, 2.75) is 19.8 Å². The molecule has 0 radical (unpaired) electrons. The number of ketones is 1. The topological polar surface area (TPSA) is 66.5 Å². The predicted molar refractivity (Wildman–Crippen MR) is 90.0 cm³/mol. The molecule has 1 aliphatic heterocycles. The Kier molecular flexibility index (Phi) is 4.25. The lowest BCUT2D eigenvalue weighted by molar-refractivity contribution is -0.121. The molecule has 0 fully saturated rings. The van der Waals surface area contributed by atoms with Gasteiger partial charge < -0.3 is 10.2 Å². The van der Waals surface area contributed by atoms with Gasteiger partial charge in [-0.05, 0) is 31.2 Å². The number of carbonyl (C=O) groups is 3. The summed E-state index contributed by atoms with van der Waals surface area (Å²) in [6.45, 7) is 1.93. The highest BCUT2D eigenvalue weighted by Gasteiger charge is 2.26. The van der Waals surface area contributed by atoms with Crippen LogP contribution >= 0.6 is 11.3 Å². The van der Waals surface area contributed by atoms with Gasteiger partial charge in [0.15, 0.2) is 5.78 Å². The zero-order valence-corrected chi connectivity index (χ0v) is 13.5. The maximum atomic E-state index is 12.4. The molecule has 118 valence electrons. The average Bonchev–Trinajstić information content (AvgIpc) is 2.98. The summed E-state index contributed by atoms with van der Waals surface area (Å²) < 4.78 is 0. The smallest absolute Gasteiger partial charge is 0.244 e. The van der Waals surface area contributed by atoms with Crippen molar-refractivity contribution in [3.05, 3.63) is 46.2 Å². The molecule has 2 amide bonds. The van der Waals surface area contributed by atoms with E-state index >= 15 is 0 Å². The van der Waals surface area contributed by atoms with E-state index in [1.54, 1.807) is 24.3 Å². The van der Waals surface area contributed by atoms with Gasteiger partial charge in [-0.25, -0.2) is 0 Å². The number of amides is 2. The number of nitrogens with zero attached hydrogens (tertiary/aromatic N) is 1. The van der Waals surface area contributed by atoms with Gasteiger partial charge in [0, 0.05) is 17.7 Å². The molecular formula is C17H16N2O3S. The standard InChI is InChI=1S/C17H16N2O3S/c1-11-6-8-15(23-11)14(20)7-9-17(22)19-10-16(21)18-12-4-2-3-5-13(12)19/h2-6,8H,7,9-10H2,1H3,(H,18,21). The summed E-state index contributed by atoms with van der Waals surface area (Å²) in [7, 11) is 0. The van der Waals surface area contributed by atoms with Crippen LogP contribution in [-0.2, 0) is 9.59 Å². The van der Waals surface area contributed by atoms with Crippen molar-refractivity contribution in [1.29, 1.82) is 0 Å². The first-order valence-electron chi connectivity index (χ1n) is 7.33. The lowest BCUT2D eigenvalue weighted by Crippen LogP contribution is -2.42. The molecule has 0 bridgehead atoms. The first-order chi connectivity index (χ1) is 11.0. The zero-order chi connectivity index (χ0) is 16.4. The Balaban J connectivity index is 1.69. The Labute approximate surface area is 137 Å². The number of thiophene rings is 1. The molecule has 0 spiro atoms. The average molecular weight is 328 g/mol. The molecule has 6 heteroatoms. The number of fused-ring (bicyclic) bond motifs is 1. The van der Waals surface area contributed by atoms with Gasteiger partial charge in [-0.3, -0.25) is 14.4 Å². The Bertz CT molecular complexity index is 782. The highest BCUT2D eigenvalue weighted by atomic mass is 32.1. The van der Waals surface area contributed by atoms with Crippen LogP contribution in [-0.4, -0.2) is 24.1 Å². The van der Waals surface area contributed by atoms with Crippen LogP contribution in [0.5, 0.6) is 0 Å². The molecule has 0 unspecified atom stereocenters. The Morgan fingerprint density at radius 3 is 2.70 bits per heavy atom. The van der Waals surface area contributed by atoms with E-state index in [4.69, 9.17) is 0 Å². The molecule has 2 aromatic rings. The maximum Gasteiger partial charge on any atom is 0.244 e. The van der Waals surface area contributed by atoms with E-state index in [0.29, 0.717) is 16.3 Å². The minimum atomic E-state index is -0.225. The van der Waals surface area contributed by atoms with Gasteiger partial charge in [0.05, 0.1) is 16.3 Å². The van der Waals surface area contributed by atoms with Gasteiger partial charge in [0.25, 0.3) is 0 Å². The van der Waals surface area contributed by atoms with Crippen LogP contribution in [0.2, 0.25) is 0 Å². The normalized spacial score (nSPS) is 13.4. The number of carbonyl (C=O) groups excluding carboxylic acids is 3. The fraction of sp³-hybridized carbons (Fsp3) is 0.235. The second-order valence-corrected chi connectivity index (χ2v) is 6.67. The van der Waals surface area contributed by atoms with Gasteiger partial charge in [-0.1, -0.05) is 12.1 Å². The number of hydrogen-bond donors (Lipinski definition) is 1. The van der Waals surface area contributed by atoms with Crippen molar-refractivity contribution < 1.29 is 14.4 Å². The fourth-order valence-electron chi connectivity index (χ4n) is 2.52. The number of benzene rings is 1. The molecule has 1 aromatic carbocycles. The van der Waals surface area contributed by atoms with Crippen LogP contribution in [0.25, 0.3) is 0 Å². The monoisotopic (exact) mass is 328 g/mol. The lowest BCUT2D eigenvalue weighted by Gasteiger charge is -2.29. The van der Waals surface area contributed by atoms with E-state index in [2.05, 4.69) is 5.32 Å². The highest BCUT2D eigenvalue weighted by molar-refractivity contribution is 7.14. The third-order valence-electron chi connectivity index (χ3n) is 3.65. The SMILES string of the molecule is Cc1ccc(C(=O)CCC(=O)N2CC(=O)Nc3ccccc32)s1. The second-order valence-electron chi connectivity index (χ2n) is 5.38. The minimum Gasteiger partial charge on any atom is -0.323 e. The van der Waals surface area contributed by atoms with Crippen molar-refractivity contribution in [3.63, 3.8) is 0 Å². The third-order valence-corrected chi connectivity index (χ3v) is 4.69. The summed E-state index contributed by atoms with van der Waals surface area (Å²) >= 11 is 1.43. The molecule has 1 N–H and O–H groups in total. The molecule has 2 heterocycles. The Morgan fingerprint density at radius 1 is 1.17 bits per heavy atom. The Hall–Kier alpha value is -2.47. The van der Waals surface area contributed by atoms with Gasteiger partial charge in [0.2, 0.25) is 11.8 Å². The molecule has 1 aliphatic rings. The minimum absolute atomic E-state index is 0.0118. The quantitative estimate of drug-likeness (QED) is 0.877. The first kappa shape index (κ1) is 15.4. The zero-order valence-electron chi connectivity index (χ0n) is 12.7. The third kappa shape index (κ3) is 3.32. The second kappa shape index (κ2) is 6.34. The van der Waals surface area contributed by atoms with Crippen LogP contribution in [0.1, 0.15) is 27.4 Å². The van der Waals surface area contributed by atoms with Gasteiger partial charge in [-0.2, -0.15) is 0 Å². The van der Waals surface area contributed by atoms with Crippen LogP contribution in [0.15, 0.2) is 36.4 Å². The van der Waals surface area contributed by atoms with Gasteiger partial charge >= 0.3 is 0 Å². The van der Waals surface area contributed by atoms with Gasteiger partial charge in [-0.15, -0.1) is 11.3 Å².